The smallest absolute Gasteiger partial charge is 0.229 e. The largest absolute Gasteiger partial charge is 0.497 e. The van der Waals surface area contributed by atoms with Gasteiger partial charge in [0.25, 0.3) is 0 Å². The van der Waals surface area contributed by atoms with E-state index in [1.54, 1.807) is 19.2 Å². The number of carbonyl (C=O) groups excluding carboxylic acids is 3. The monoisotopic (exact) mass is 437 g/mol. The van der Waals surface area contributed by atoms with Crippen molar-refractivity contribution in [2.24, 2.45) is 11.8 Å². The Balaban J connectivity index is 1.37. The second-order valence-electron chi connectivity index (χ2n) is 7.89. The first-order chi connectivity index (χ1) is 15.5. The molecule has 2 fully saturated rings. The quantitative estimate of drug-likeness (QED) is 0.431. The van der Waals surface area contributed by atoms with Crippen LogP contribution in [0.4, 0.5) is 5.69 Å². The third-order valence-electron chi connectivity index (χ3n) is 5.74. The molecular weight excluding hydrogens is 410 g/mol. The lowest BCUT2D eigenvalue weighted by Gasteiger charge is -2.43. The SMILES string of the molecule is COc1ccc(NC2NC(=O)C3C(NC(=O)CC3C(=O)NCCc3ccccc3)N2)cc1. The summed E-state index contributed by atoms with van der Waals surface area (Å²) in [5.74, 6) is -1.55. The molecule has 2 aliphatic rings. The molecule has 4 rings (SSSR count). The fourth-order valence-corrected chi connectivity index (χ4v) is 4.11. The lowest BCUT2D eigenvalue weighted by molar-refractivity contribution is -0.146. The summed E-state index contributed by atoms with van der Waals surface area (Å²) in [4.78, 5) is 38.0. The van der Waals surface area contributed by atoms with Crippen LogP contribution in [0.5, 0.6) is 5.75 Å². The number of methoxy groups -OCH3 is 1. The standard InChI is InChI=1S/C23H27N5O4/c1-32-16-9-7-15(8-10-16)25-23-27-20-19(22(31)28-23)17(13-18(29)26-20)21(30)24-12-11-14-5-3-2-4-6-14/h2-10,17,19-20,23,25,27H,11-13H2,1H3,(H,24,30)(H,26,29)(H,28,31). The number of benzene rings is 2. The molecule has 0 aliphatic carbocycles. The van der Waals surface area contributed by atoms with E-state index >= 15 is 0 Å². The summed E-state index contributed by atoms with van der Waals surface area (Å²) in [6.07, 6.45) is -0.593. The first-order valence-corrected chi connectivity index (χ1v) is 10.6. The zero-order valence-corrected chi connectivity index (χ0v) is 17.8. The van der Waals surface area contributed by atoms with E-state index in [2.05, 4.69) is 26.6 Å². The number of nitrogens with one attached hydrogen (secondary N) is 5. The number of anilines is 1. The van der Waals surface area contributed by atoms with Gasteiger partial charge in [-0.3, -0.25) is 19.7 Å². The van der Waals surface area contributed by atoms with Gasteiger partial charge < -0.3 is 26.0 Å². The molecule has 32 heavy (non-hydrogen) atoms. The maximum absolute atomic E-state index is 12.9. The van der Waals surface area contributed by atoms with Crippen molar-refractivity contribution in [2.75, 3.05) is 19.0 Å². The van der Waals surface area contributed by atoms with E-state index in [4.69, 9.17) is 4.74 Å². The van der Waals surface area contributed by atoms with Crippen molar-refractivity contribution in [3.05, 3.63) is 60.2 Å². The van der Waals surface area contributed by atoms with Gasteiger partial charge in [-0.05, 0) is 36.2 Å². The van der Waals surface area contributed by atoms with E-state index in [0.717, 1.165) is 17.0 Å². The highest BCUT2D eigenvalue weighted by Crippen LogP contribution is 2.27. The van der Waals surface area contributed by atoms with Gasteiger partial charge in [0, 0.05) is 18.7 Å². The van der Waals surface area contributed by atoms with Crippen molar-refractivity contribution < 1.29 is 19.1 Å². The topological polar surface area (TPSA) is 121 Å². The van der Waals surface area contributed by atoms with Crippen LogP contribution >= 0.6 is 0 Å². The normalized spacial score (nSPS) is 24.5. The van der Waals surface area contributed by atoms with Gasteiger partial charge in [-0.25, -0.2) is 0 Å². The van der Waals surface area contributed by atoms with E-state index in [1.807, 2.05) is 42.5 Å². The minimum atomic E-state index is -0.737. The zero-order valence-electron chi connectivity index (χ0n) is 17.8. The summed E-state index contributed by atoms with van der Waals surface area (Å²) in [5.41, 5.74) is 1.87. The van der Waals surface area contributed by atoms with Crippen LogP contribution in [0.2, 0.25) is 0 Å². The molecule has 4 unspecified atom stereocenters. The first kappa shape index (κ1) is 21.6. The van der Waals surface area contributed by atoms with Gasteiger partial charge in [0.15, 0.2) is 6.29 Å². The maximum Gasteiger partial charge on any atom is 0.229 e. The third kappa shape index (κ3) is 5.00. The highest BCUT2D eigenvalue weighted by Gasteiger charge is 2.48. The summed E-state index contributed by atoms with van der Waals surface area (Å²) < 4.78 is 5.15. The minimum Gasteiger partial charge on any atom is -0.497 e. The van der Waals surface area contributed by atoms with Crippen molar-refractivity contribution in [1.82, 2.24) is 21.3 Å². The molecule has 2 aromatic rings. The lowest BCUT2D eigenvalue weighted by Crippen LogP contribution is -2.72. The Kier molecular flexibility index (Phi) is 6.55. The molecule has 5 N–H and O–H groups in total. The average Bonchev–Trinajstić information content (AvgIpc) is 2.79. The lowest BCUT2D eigenvalue weighted by atomic mass is 9.81. The molecule has 3 amide bonds. The van der Waals surface area contributed by atoms with Gasteiger partial charge in [-0.2, -0.15) is 0 Å². The molecule has 0 radical (unpaired) electrons. The van der Waals surface area contributed by atoms with Crippen LogP contribution in [-0.2, 0) is 20.8 Å². The number of rotatable bonds is 7. The van der Waals surface area contributed by atoms with E-state index in [9.17, 15) is 14.4 Å². The van der Waals surface area contributed by atoms with Crippen molar-refractivity contribution in [3.8, 4) is 5.75 Å². The van der Waals surface area contributed by atoms with Gasteiger partial charge >= 0.3 is 0 Å². The molecule has 0 bridgehead atoms. The van der Waals surface area contributed by atoms with E-state index < -0.39 is 24.3 Å². The third-order valence-corrected chi connectivity index (χ3v) is 5.74. The Morgan fingerprint density at radius 2 is 1.81 bits per heavy atom. The molecule has 2 saturated heterocycles. The number of carbonyl (C=O) groups is 3. The van der Waals surface area contributed by atoms with Gasteiger partial charge in [0.1, 0.15) is 5.75 Å². The fraction of sp³-hybridized carbons (Fsp3) is 0.348. The predicted octanol–water partition coefficient (Wildman–Crippen LogP) is 0.547. The summed E-state index contributed by atoms with van der Waals surface area (Å²) >= 11 is 0. The zero-order chi connectivity index (χ0) is 22.5. The van der Waals surface area contributed by atoms with Crippen LogP contribution in [0.15, 0.2) is 54.6 Å². The highest BCUT2D eigenvalue weighted by molar-refractivity contribution is 5.94. The molecule has 0 saturated carbocycles. The van der Waals surface area contributed by atoms with Crippen LogP contribution in [0.1, 0.15) is 12.0 Å². The van der Waals surface area contributed by atoms with Crippen LogP contribution in [-0.4, -0.2) is 43.8 Å². The molecular formula is C23H27N5O4. The van der Waals surface area contributed by atoms with Crippen molar-refractivity contribution in [3.63, 3.8) is 0 Å². The Hall–Kier alpha value is -3.59. The first-order valence-electron chi connectivity index (χ1n) is 10.6. The van der Waals surface area contributed by atoms with Gasteiger partial charge in [0.05, 0.1) is 25.1 Å². The maximum atomic E-state index is 12.9. The van der Waals surface area contributed by atoms with E-state index in [1.165, 1.54) is 0 Å². The second-order valence-corrected chi connectivity index (χ2v) is 7.89. The summed E-state index contributed by atoms with van der Waals surface area (Å²) in [6, 6.07) is 17.1. The van der Waals surface area contributed by atoms with Crippen LogP contribution < -0.4 is 31.3 Å². The van der Waals surface area contributed by atoms with Gasteiger partial charge in [0.2, 0.25) is 17.7 Å². The molecule has 168 valence electrons. The van der Waals surface area contributed by atoms with Crippen LogP contribution in [0.3, 0.4) is 0 Å². The molecule has 9 nitrogen and oxygen atoms in total. The number of piperidine rings is 1. The summed E-state index contributed by atoms with van der Waals surface area (Å²) in [6.45, 7) is 0.440. The van der Waals surface area contributed by atoms with Crippen LogP contribution in [0.25, 0.3) is 0 Å². The molecule has 4 atom stereocenters. The molecule has 9 heteroatoms. The van der Waals surface area contributed by atoms with Crippen molar-refractivity contribution >= 4 is 23.4 Å². The predicted molar refractivity (Wildman–Crippen MR) is 118 cm³/mol. The van der Waals surface area contributed by atoms with Crippen molar-refractivity contribution in [1.29, 1.82) is 0 Å². The van der Waals surface area contributed by atoms with Gasteiger partial charge in [-0.15, -0.1) is 0 Å². The fourth-order valence-electron chi connectivity index (χ4n) is 4.11. The molecule has 2 aliphatic heterocycles. The number of hydrogen-bond donors (Lipinski definition) is 5. The highest BCUT2D eigenvalue weighted by atomic mass is 16.5. The summed E-state index contributed by atoms with van der Waals surface area (Å²) in [5, 5.41) is 14.9. The molecule has 0 spiro atoms. The minimum absolute atomic E-state index is 0.0238. The Bertz CT molecular complexity index is 966. The number of hydrogen-bond acceptors (Lipinski definition) is 6. The number of fused-ring (bicyclic) bond motifs is 1. The van der Waals surface area contributed by atoms with Gasteiger partial charge in [-0.1, -0.05) is 30.3 Å². The second kappa shape index (κ2) is 9.69. The number of ether oxygens (including phenoxy) is 1. The Morgan fingerprint density at radius 3 is 2.53 bits per heavy atom. The molecule has 0 aromatic heterocycles. The average molecular weight is 438 g/mol. The van der Waals surface area contributed by atoms with E-state index in [-0.39, 0.29) is 24.1 Å². The Morgan fingerprint density at radius 1 is 1.06 bits per heavy atom. The van der Waals surface area contributed by atoms with Crippen molar-refractivity contribution in [2.45, 2.75) is 25.3 Å². The summed E-state index contributed by atoms with van der Waals surface area (Å²) in [7, 11) is 1.59. The molecule has 2 aromatic carbocycles. The molecule has 2 heterocycles. The van der Waals surface area contributed by atoms with E-state index in [0.29, 0.717) is 13.0 Å². The van der Waals surface area contributed by atoms with Crippen LogP contribution in [0, 0.1) is 11.8 Å². The Labute approximate surface area is 186 Å². The number of amides is 3.